The SMILES string of the molecule is Cc1cc(C(C)(C)C)cc(S(=O)(=O)Nc2ccccc2C(=O)O[C@H](C)C(=O)N2CCOCC2)c1C. The van der Waals surface area contributed by atoms with E-state index in [1.54, 1.807) is 30.0 Å². The molecule has 190 valence electrons. The van der Waals surface area contributed by atoms with E-state index in [9.17, 15) is 18.0 Å². The second kappa shape index (κ2) is 10.4. The summed E-state index contributed by atoms with van der Waals surface area (Å²) < 4.78 is 40.1. The highest BCUT2D eigenvalue weighted by Crippen LogP contribution is 2.30. The van der Waals surface area contributed by atoms with Crippen LogP contribution in [0.3, 0.4) is 0 Å². The minimum absolute atomic E-state index is 0.0269. The number of benzene rings is 2. The first-order valence-electron chi connectivity index (χ1n) is 11.6. The fraction of sp³-hybridized carbons (Fsp3) is 0.462. The van der Waals surface area contributed by atoms with Gasteiger partial charge in [-0.05, 0) is 61.1 Å². The van der Waals surface area contributed by atoms with Gasteiger partial charge in [-0.3, -0.25) is 9.52 Å². The molecule has 1 fully saturated rings. The first-order valence-corrected chi connectivity index (χ1v) is 13.1. The summed E-state index contributed by atoms with van der Waals surface area (Å²) in [5.74, 6) is -1.10. The number of hydrogen-bond acceptors (Lipinski definition) is 6. The molecule has 8 nitrogen and oxygen atoms in total. The zero-order valence-electron chi connectivity index (χ0n) is 21.2. The van der Waals surface area contributed by atoms with Gasteiger partial charge in [0, 0.05) is 13.1 Å². The molecular formula is C26H34N2O6S. The van der Waals surface area contributed by atoms with Gasteiger partial charge in [0.2, 0.25) is 0 Å². The average molecular weight is 503 g/mol. The second-order valence-corrected chi connectivity index (χ2v) is 11.5. The number of esters is 1. The van der Waals surface area contributed by atoms with Crippen LogP contribution in [-0.4, -0.2) is 57.6 Å². The van der Waals surface area contributed by atoms with Crippen LogP contribution in [0.5, 0.6) is 0 Å². The molecule has 1 amide bonds. The topological polar surface area (TPSA) is 102 Å². The van der Waals surface area contributed by atoms with E-state index in [2.05, 4.69) is 4.72 Å². The summed E-state index contributed by atoms with van der Waals surface area (Å²) in [6, 6.07) is 9.87. The van der Waals surface area contributed by atoms with Gasteiger partial charge in [-0.2, -0.15) is 0 Å². The highest BCUT2D eigenvalue weighted by Gasteiger charge is 2.28. The number of rotatable bonds is 6. The predicted octanol–water partition coefficient (Wildman–Crippen LogP) is 3.81. The van der Waals surface area contributed by atoms with E-state index in [0.717, 1.165) is 11.1 Å². The Morgan fingerprint density at radius 1 is 1.09 bits per heavy atom. The van der Waals surface area contributed by atoms with Crippen LogP contribution >= 0.6 is 0 Å². The maximum Gasteiger partial charge on any atom is 0.341 e. The number of carbonyl (C=O) groups excluding carboxylic acids is 2. The number of amides is 1. The van der Waals surface area contributed by atoms with Crippen LogP contribution < -0.4 is 4.72 Å². The molecule has 1 aliphatic heterocycles. The standard InChI is InChI=1S/C26H34N2O6S/c1-17-15-20(26(4,5)6)16-23(18(17)2)35(31,32)27-22-10-8-7-9-21(22)25(30)34-19(3)24(29)28-11-13-33-14-12-28/h7-10,15-16,19,27H,11-14H2,1-6H3/t19-/m1/s1. The van der Waals surface area contributed by atoms with E-state index < -0.39 is 22.1 Å². The number of carbonyl (C=O) groups is 2. The zero-order chi connectivity index (χ0) is 26.0. The molecule has 2 aromatic carbocycles. The number of sulfonamides is 1. The molecule has 0 spiro atoms. The van der Waals surface area contributed by atoms with Crippen LogP contribution in [0.1, 0.15) is 54.7 Å². The lowest BCUT2D eigenvalue weighted by atomic mass is 9.85. The molecular weight excluding hydrogens is 468 g/mol. The van der Waals surface area contributed by atoms with E-state index in [-0.39, 0.29) is 27.5 Å². The highest BCUT2D eigenvalue weighted by molar-refractivity contribution is 7.92. The Morgan fingerprint density at radius 3 is 2.34 bits per heavy atom. The molecule has 1 saturated heterocycles. The lowest BCUT2D eigenvalue weighted by Gasteiger charge is -2.29. The van der Waals surface area contributed by atoms with Crippen LogP contribution in [0.4, 0.5) is 5.69 Å². The molecule has 1 atom stereocenters. The van der Waals surface area contributed by atoms with Gasteiger partial charge < -0.3 is 14.4 Å². The number of anilines is 1. The van der Waals surface area contributed by atoms with Crippen molar-refractivity contribution in [2.24, 2.45) is 0 Å². The fourth-order valence-corrected chi connectivity index (χ4v) is 5.23. The van der Waals surface area contributed by atoms with Gasteiger partial charge in [0.15, 0.2) is 6.10 Å². The van der Waals surface area contributed by atoms with Gasteiger partial charge >= 0.3 is 5.97 Å². The van der Waals surface area contributed by atoms with E-state index in [1.807, 2.05) is 33.8 Å². The first kappa shape index (κ1) is 26.7. The Bertz CT molecular complexity index is 1210. The fourth-order valence-electron chi connectivity index (χ4n) is 3.80. The summed E-state index contributed by atoms with van der Waals surface area (Å²) in [4.78, 5) is 27.3. The first-order chi connectivity index (χ1) is 16.3. The van der Waals surface area contributed by atoms with Crippen molar-refractivity contribution in [3.8, 4) is 0 Å². The maximum atomic E-state index is 13.4. The molecule has 2 aromatic rings. The van der Waals surface area contributed by atoms with Crippen molar-refractivity contribution in [3.63, 3.8) is 0 Å². The Labute approximate surface area is 207 Å². The largest absolute Gasteiger partial charge is 0.449 e. The van der Waals surface area contributed by atoms with Crippen molar-refractivity contribution in [2.75, 3.05) is 31.0 Å². The van der Waals surface area contributed by atoms with Crippen LogP contribution in [0.2, 0.25) is 0 Å². The number of nitrogens with zero attached hydrogens (tertiary/aromatic N) is 1. The van der Waals surface area contributed by atoms with Crippen molar-refractivity contribution in [1.29, 1.82) is 0 Å². The number of morpholine rings is 1. The minimum Gasteiger partial charge on any atom is -0.449 e. The van der Waals surface area contributed by atoms with E-state index in [1.165, 1.54) is 19.1 Å². The van der Waals surface area contributed by atoms with Gasteiger partial charge in [0.05, 0.1) is 29.4 Å². The third kappa shape index (κ3) is 6.21. The molecule has 0 aromatic heterocycles. The number of aryl methyl sites for hydroxylation is 1. The molecule has 0 saturated carbocycles. The normalized spacial score (nSPS) is 15.4. The molecule has 35 heavy (non-hydrogen) atoms. The Morgan fingerprint density at radius 2 is 1.71 bits per heavy atom. The summed E-state index contributed by atoms with van der Waals surface area (Å²) in [6.45, 7) is 12.9. The summed E-state index contributed by atoms with van der Waals surface area (Å²) in [6.07, 6.45) is -1.02. The smallest absolute Gasteiger partial charge is 0.341 e. The summed E-state index contributed by atoms with van der Waals surface area (Å²) in [7, 11) is -4.01. The maximum absolute atomic E-state index is 13.4. The van der Waals surface area contributed by atoms with Crippen LogP contribution in [-0.2, 0) is 29.7 Å². The molecule has 0 radical (unpaired) electrons. The molecule has 1 N–H and O–H groups in total. The second-order valence-electron chi connectivity index (χ2n) is 9.80. The van der Waals surface area contributed by atoms with Crippen LogP contribution in [0, 0.1) is 13.8 Å². The third-order valence-corrected chi connectivity index (χ3v) is 7.61. The van der Waals surface area contributed by atoms with Crippen molar-refractivity contribution < 1.29 is 27.5 Å². The summed E-state index contributed by atoms with van der Waals surface area (Å²) >= 11 is 0. The molecule has 0 bridgehead atoms. The lowest BCUT2D eigenvalue weighted by molar-refractivity contribution is -0.143. The zero-order valence-corrected chi connectivity index (χ0v) is 22.0. The minimum atomic E-state index is -4.01. The van der Waals surface area contributed by atoms with Crippen molar-refractivity contribution in [3.05, 3.63) is 58.7 Å². The molecule has 3 rings (SSSR count). The van der Waals surface area contributed by atoms with Gasteiger partial charge in [-0.1, -0.05) is 39.0 Å². The van der Waals surface area contributed by atoms with Gasteiger partial charge in [0.1, 0.15) is 0 Å². The van der Waals surface area contributed by atoms with E-state index in [0.29, 0.717) is 31.9 Å². The summed E-state index contributed by atoms with van der Waals surface area (Å²) in [5, 5.41) is 0. The van der Waals surface area contributed by atoms with Crippen LogP contribution in [0.25, 0.3) is 0 Å². The van der Waals surface area contributed by atoms with Crippen molar-refractivity contribution in [1.82, 2.24) is 4.90 Å². The number of ether oxygens (including phenoxy) is 2. The predicted molar refractivity (Wildman–Crippen MR) is 134 cm³/mol. The van der Waals surface area contributed by atoms with Gasteiger partial charge in [-0.25, -0.2) is 13.2 Å². The van der Waals surface area contributed by atoms with Crippen molar-refractivity contribution >= 4 is 27.6 Å². The van der Waals surface area contributed by atoms with Gasteiger partial charge in [-0.15, -0.1) is 0 Å². The van der Waals surface area contributed by atoms with Crippen LogP contribution in [0.15, 0.2) is 41.3 Å². The quantitative estimate of drug-likeness (QED) is 0.603. The molecule has 1 heterocycles. The third-order valence-electron chi connectivity index (χ3n) is 6.12. The number of para-hydroxylation sites is 1. The van der Waals surface area contributed by atoms with E-state index >= 15 is 0 Å². The highest BCUT2D eigenvalue weighted by atomic mass is 32.2. The van der Waals surface area contributed by atoms with Crippen molar-refractivity contribution in [2.45, 2.75) is 58.0 Å². The molecule has 0 aliphatic carbocycles. The molecule has 1 aliphatic rings. The Kier molecular flexibility index (Phi) is 7.91. The molecule has 9 heteroatoms. The summed E-state index contributed by atoms with van der Waals surface area (Å²) in [5.41, 5.74) is 2.26. The number of nitrogens with one attached hydrogen (secondary N) is 1. The average Bonchev–Trinajstić information content (AvgIpc) is 2.79. The lowest BCUT2D eigenvalue weighted by Crippen LogP contribution is -2.46. The monoisotopic (exact) mass is 502 g/mol. The van der Waals surface area contributed by atoms with E-state index in [4.69, 9.17) is 9.47 Å². The Hall–Kier alpha value is -2.91. The van der Waals surface area contributed by atoms with Gasteiger partial charge in [0.25, 0.3) is 15.9 Å². The Balaban J connectivity index is 1.86. The molecule has 0 unspecified atom stereocenters. The number of hydrogen-bond donors (Lipinski definition) is 1.